The van der Waals surface area contributed by atoms with Crippen LogP contribution < -0.4 is 10.2 Å². The molecular weight excluding hydrogens is 394 g/mol. The second-order valence-corrected chi connectivity index (χ2v) is 7.46. The molecule has 1 N–H and O–H groups in total. The average Bonchev–Trinajstić information content (AvgIpc) is 3.19. The second kappa shape index (κ2) is 7.29. The molecule has 0 radical (unpaired) electrons. The average molecular weight is 412 g/mol. The molecule has 0 saturated carbocycles. The van der Waals surface area contributed by atoms with Gasteiger partial charge in [-0.3, -0.25) is 19.4 Å². The Morgan fingerprint density at radius 1 is 1.07 bits per heavy atom. The third-order valence-electron chi connectivity index (χ3n) is 5.04. The smallest absolute Gasteiger partial charge is 0.263 e. The molecule has 2 aromatic rings. The molecule has 8 nitrogen and oxygen atoms in total. The first-order chi connectivity index (χ1) is 13.8. The van der Waals surface area contributed by atoms with Crippen molar-refractivity contribution >= 4 is 40.7 Å². The fourth-order valence-corrected chi connectivity index (χ4v) is 3.49. The van der Waals surface area contributed by atoms with Gasteiger partial charge in [0.25, 0.3) is 11.8 Å². The lowest BCUT2D eigenvalue weighted by atomic mass is 10.1. The van der Waals surface area contributed by atoms with E-state index in [-0.39, 0.29) is 12.5 Å². The summed E-state index contributed by atoms with van der Waals surface area (Å²) in [6, 6.07) is 10.1. The predicted molar refractivity (Wildman–Crippen MR) is 108 cm³/mol. The van der Waals surface area contributed by atoms with Gasteiger partial charge in [0.1, 0.15) is 6.54 Å². The number of aryl methyl sites for hydroxylation is 2. The van der Waals surface area contributed by atoms with Crippen LogP contribution in [0.4, 0.5) is 11.4 Å². The first-order valence-electron chi connectivity index (χ1n) is 9.03. The zero-order valence-electron chi connectivity index (χ0n) is 15.8. The highest BCUT2D eigenvalue weighted by Crippen LogP contribution is 2.32. The van der Waals surface area contributed by atoms with Crippen molar-refractivity contribution in [3.63, 3.8) is 0 Å². The maximum atomic E-state index is 12.9. The molecule has 0 aliphatic carbocycles. The van der Waals surface area contributed by atoms with Crippen molar-refractivity contribution in [2.24, 2.45) is 10.3 Å². The monoisotopic (exact) mass is 411 g/mol. The molecule has 2 aromatic carbocycles. The molecular formula is C20H18ClN5O3. The highest BCUT2D eigenvalue weighted by atomic mass is 35.5. The highest BCUT2D eigenvalue weighted by Gasteiger charge is 2.55. The second-order valence-electron chi connectivity index (χ2n) is 7.03. The molecule has 29 heavy (non-hydrogen) atoms. The van der Waals surface area contributed by atoms with Crippen LogP contribution in [-0.2, 0) is 14.4 Å². The normalized spacial score (nSPS) is 20.4. The summed E-state index contributed by atoms with van der Waals surface area (Å²) in [6.07, 6.45) is 0. The number of benzene rings is 2. The molecule has 2 aliphatic rings. The maximum Gasteiger partial charge on any atom is 0.263 e. The summed E-state index contributed by atoms with van der Waals surface area (Å²) in [5.74, 6) is -1.28. The van der Waals surface area contributed by atoms with E-state index in [1.807, 2.05) is 26.0 Å². The van der Waals surface area contributed by atoms with E-state index in [1.165, 1.54) is 5.01 Å². The lowest BCUT2D eigenvalue weighted by Crippen LogP contribution is -2.43. The van der Waals surface area contributed by atoms with E-state index in [2.05, 4.69) is 15.7 Å². The van der Waals surface area contributed by atoms with Gasteiger partial charge >= 0.3 is 0 Å². The van der Waals surface area contributed by atoms with E-state index < -0.39 is 23.9 Å². The Labute approximate surface area is 172 Å². The summed E-state index contributed by atoms with van der Waals surface area (Å²) in [7, 11) is 0. The van der Waals surface area contributed by atoms with Crippen molar-refractivity contribution in [1.82, 2.24) is 5.01 Å². The van der Waals surface area contributed by atoms with Gasteiger partial charge in [0.15, 0.2) is 12.1 Å². The lowest BCUT2D eigenvalue weighted by Gasteiger charge is -2.20. The van der Waals surface area contributed by atoms with Crippen LogP contribution in [0.1, 0.15) is 11.1 Å². The molecule has 0 unspecified atom stereocenters. The van der Waals surface area contributed by atoms with Gasteiger partial charge in [0.2, 0.25) is 5.91 Å². The Balaban J connectivity index is 1.48. The lowest BCUT2D eigenvalue weighted by molar-refractivity contribution is -0.123. The molecule has 2 aliphatic heterocycles. The van der Waals surface area contributed by atoms with Gasteiger partial charge < -0.3 is 5.32 Å². The minimum atomic E-state index is -0.951. The molecule has 4 rings (SSSR count). The SMILES string of the molecule is Cc1ccc(NC(=O)CN2N=N[C@H]3C(=O)N(c4ccc(Cl)cc4)C(=O)[C@H]32)cc1C. The summed E-state index contributed by atoms with van der Waals surface area (Å²) in [6.45, 7) is 3.75. The van der Waals surface area contributed by atoms with E-state index in [9.17, 15) is 14.4 Å². The Kier molecular flexibility index (Phi) is 4.79. The van der Waals surface area contributed by atoms with Crippen molar-refractivity contribution in [2.45, 2.75) is 25.9 Å². The number of hydrogen-bond acceptors (Lipinski definition) is 6. The molecule has 1 saturated heterocycles. The quantitative estimate of drug-likeness (QED) is 0.782. The van der Waals surface area contributed by atoms with Gasteiger partial charge in [0, 0.05) is 10.7 Å². The third kappa shape index (κ3) is 3.47. The molecule has 2 atom stereocenters. The molecule has 148 valence electrons. The summed E-state index contributed by atoms with van der Waals surface area (Å²) in [5, 5.41) is 12.4. The minimum Gasteiger partial charge on any atom is -0.324 e. The number of nitrogens with zero attached hydrogens (tertiary/aromatic N) is 4. The van der Waals surface area contributed by atoms with Crippen molar-refractivity contribution in [2.75, 3.05) is 16.8 Å². The van der Waals surface area contributed by atoms with Gasteiger partial charge in [-0.2, -0.15) is 5.11 Å². The fourth-order valence-electron chi connectivity index (χ4n) is 3.37. The van der Waals surface area contributed by atoms with Gasteiger partial charge in [-0.05, 0) is 61.4 Å². The number of anilines is 2. The predicted octanol–water partition coefficient (Wildman–Crippen LogP) is 2.89. The third-order valence-corrected chi connectivity index (χ3v) is 5.29. The van der Waals surface area contributed by atoms with E-state index in [0.29, 0.717) is 16.4 Å². The van der Waals surface area contributed by atoms with Crippen LogP contribution in [0.5, 0.6) is 0 Å². The van der Waals surface area contributed by atoms with Crippen LogP contribution >= 0.6 is 11.6 Å². The number of fused-ring (bicyclic) bond motifs is 1. The first-order valence-corrected chi connectivity index (χ1v) is 9.41. The Morgan fingerprint density at radius 3 is 2.48 bits per heavy atom. The van der Waals surface area contributed by atoms with Crippen molar-refractivity contribution < 1.29 is 14.4 Å². The zero-order valence-corrected chi connectivity index (χ0v) is 16.6. The Hall–Kier alpha value is -3.26. The molecule has 0 bridgehead atoms. The number of nitrogens with one attached hydrogen (secondary N) is 1. The molecule has 2 heterocycles. The van der Waals surface area contributed by atoms with Crippen LogP contribution in [0.3, 0.4) is 0 Å². The van der Waals surface area contributed by atoms with Gasteiger partial charge in [0.05, 0.1) is 5.69 Å². The van der Waals surface area contributed by atoms with Crippen LogP contribution in [0.25, 0.3) is 0 Å². The molecule has 0 aromatic heterocycles. The standard InChI is InChI=1S/C20H18ClN5O3/c1-11-3-6-14(9-12(11)2)22-16(27)10-25-18-17(23-24-25)19(28)26(20(18)29)15-7-4-13(21)5-8-15/h3-9,17-18H,10H2,1-2H3,(H,22,27)/t17-,18+/m1/s1. The maximum absolute atomic E-state index is 12.9. The topological polar surface area (TPSA) is 94.4 Å². The minimum absolute atomic E-state index is 0.189. The summed E-state index contributed by atoms with van der Waals surface area (Å²) < 4.78 is 0. The van der Waals surface area contributed by atoms with Crippen LogP contribution in [-0.4, -0.2) is 41.4 Å². The Bertz CT molecular complexity index is 1040. The number of amides is 3. The number of hydrogen-bond donors (Lipinski definition) is 1. The Morgan fingerprint density at radius 2 is 1.79 bits per heavy atom. The van der Waals surface area contributed by atoms with Crippen LogP contribution in [0.2, 0.25) is 5.02 Å². The van der Waals surface area contributed by atoms with E-state index in [0.717, 1.165) is 16.0 Å². The van der Waals surface area contributed by atoms with E-state index in [1.54, 1.807) is 30.3 Å². The van der Waals surface area contributed by atoms with Gasteiger partial charge in [-0.15, -0.1) is 0 Å². The first kappa shape index (κ1) is 19.1. The van der Waals surface area contributed by atoms with Crippen molar-refractivity contribution in [3.05, 3.63) is 58.6 Å². The molecule has 1 fully saturated rings. The van der Waals surface area contributed by atoms with E-state index in [4.69, 9.17) is 11.6 Å². The fraction of sp³-hybridized carbons (Fsp3) is 0.250. The summed E-state index contributed by atoms with van der Waals surface area (Å²) in [5.41, 5.74) is 3.24. The number of rotatable bonds is 4. The van der Waals surface area contributed by atoms with Crippen molar-refractivity contribution in [3.8, 4) is 0 Å². The van der Waals surface area contributed by atoms with Crippen LogP contribution in [0.15, 0.2) is 52.8 Å². The van der Waals surface area contributed by atoms with Gasteiger partial charge in [-0.25, -0.2) is 4.90 Å². The largest absolute Gasteiger partial charge is 0.324 e. The number of halogens is 1. The molecule has 3 amide bonds. The van der Waals surface area contributed by atoms with Gasteiger partial charge in [-0.1, -0.05) is 22.9 Å². The zero-order chi connectivity index (χ0) is 20.7. The molecule has 0 spiro atoms. The number of carbonyl (C=O) groups excluding carboxylic acids is 3. The summed E-state index contributed by atoms with van der Waals surface area (Å²) >= 11 is 5.88. The summed E-state index contributed by atoms with van der Waals surface area (Å²) in [4.78, 5) is 39.1. The van der Waals surface area contributed by atoms with Crippen LogP contribution in [0, 0.1) is 13.8 Å². The highest BCUT2D eigenvalue weighted by molar-refractivity contribution is 6.31. The molecule has 9 heteroatoms. The number of carbonyl (C=O) groups is 3. The van der Waals surface area contributed by atoms with Crippen molar-refractivity contribution in [1.29, 1.82) is 0 Å². The van der Waals surface area contributed by atoms with E-state index >= 15 is 0 Å². The number of imide groups is 1.